The van der Waals surface area contributed by atoms with Crippen LogP contribution in [0.3, 0.4) is 0 Å². The highest BCUT2D eigenvalue weighted by atomic mass is 15.2. The first-order chi connectivity index (χ1) is 16.2. The van der Waals surface area contributed by atoms with Crippen LogP contribution in [-0.4, -0.2) is 32.5 Å². The van der Waals surface area contributed by atoms with Crippen molar-refractivity contribution in [2.75, 3.05) is 18.4 Å². The van der Waals surface area contributed by atoms with Gasteiger partial charge in [-0.05, 0) is 56.5 Å². The first-order valence-electron chi connectivity index (χ1n) is 11.7. The number of aryl methyl sites for hydroxylation is 1. The Morgan fingerprint density at radius 3 is 2.82 bits per heavy atom. The molecule has 0 amide bonds. The molecule has 4 heterocycles. The average molecular weight is 435 g/mol. The number of benzene rings is 2. The van der Waals surface area contributed by atoms with E-state index < -0.39 is 0 Å². The van der Waals surface area contributed by atoms with Gasteiger partial charge in [-0.15, -0.1) is 0 Å². The van der Waals surface area contributed by atoms with Crippen molar-refractivity contribution < 1.29 is 0 Å². The third-order valence-electron chi connectivity index (χ3n) is 7.01. The molecule has 1 unspecified atom stereocenters. The second-order valence-corrected chi connectivity index (χ2v) is 8.99. The van der Waals surface area contributed by atoms with Crippen molar-refractivity contribution in [2.45, 2.75) is 38.8 Å². The lowest BCUT2D eigenvalue weighted by atomic mass is 9.98. The van der Waals surface area contributed by atoms with Gasteiger partial charge in [0.15, 0.2) is 0 Å². The second-order valence-electron chi connectivity index (χ2n) is 8.99. The molecule has 164 valence electrons. The number of hydrogen-bond donors (Lipinski definition) is 1. The summed E-state index contributed by atoms with van der Waals surface area (Å²) in [7, 11) is 0. The fourth-order valence-electron chi connectivity index (χ4n) is 5.42. The van der Waals surface area contributed by atoms with Crippen molar-refractivity contribution in [2.24, 2.45) is 0 Å². The van der Waals surface area contributed by atoms with Gasteiger partial charge in [-0.3, -0.25) is 9.47 Å². The molecule has 0 bridgehead atoms. The third-order valence-corrected chi connectivity index (χ3v) is 7.01. The largest absolute Gasteiger partial charge is 0.366 e. The lowest BCUT2D eigenvalue weighted by Crippen LogP contribution is -2.33. The standard InChI is InChI=1S/C27H26N6/c1-18-15-22-20(16-28)9-5-10-23(22)33(18)27-30-25-21(12-14-32-13-6-11-24(25)32)26(31-27)29-17-19-7-3-2-4-8-19/h2-5,7-10,15,24H,6,11-14,17H2,1H3,(H,29,30,31). The zero-order chi connectivity index (χ0) is 22.4. The molecule has 2 aliphatic rings. The van der Waals surface area contributed by atoms with Crippen molar-refractivity contribution in [1.82, 2.24) is 19.4 Å². The van der Waals surface area contributed by atoms with Crippen molar-refractivity contribution in [3.05, 3.63) is 82.7 Å². The predicted molar refractivity (Wildman–Crippen MR) is 129 cm³/mol. The van der Waals surface area contributed by atoms with Gasteiger partial charge in [0.25, 0.3) is 0 Å². The van der Waals surface area contributed by atoms with Crippen LogP contribution in [-0.2, 0) is 13.0 Å². The monoisotopic (exact) mass is 434 g/mol. The molecule has 0 spiro atoms. The minimum atomic E-state index is 0.365. The fourth-order valence-corrected chi connectivity index (χ4v) is 5.42. The Labute approximate surface area is 193 Å². The topological polar surface area (TPSA) is 69.8 Å². The van der Waals surface area contributed by atoms with Crippen molar-refractivity contribution in [3.8, 4) is 12.0 Å². The molecule has 6 nitrogen and oxygen atoms in total. The summed E-state index contributed by atoms with van der Waals surface area (Å²) >= 11 is 0. The zero-order valence-corrected chi connectivity index (χ0v) is 18.8. The van der Waals surface area contributed by atoms with Gasteiger partial charge in [-0.25, -0.2) is 4.98 Å². The minimum absolute atomic E-state index is 0.365. The summed E-state index contributed by atoms with van der Waals surface area (Å²) in [5.74, 6) is 1.61. The smallest absolute Gasteiger partial charge is 0.236 e. The molecule has 6 rings (SSSR count). The SMILES string of the molecule is Cc1cc2c(C#N)cccc2n1-c1nc(NCc2ccccc2)c2c(n1)C1CCCN1CC2. The summed E-state index contributed by atoms with van der Waals surface area (Å²) < 4.78 is 2.10. The molecule has 6 heteroatoms. The van der Waals surface area contributed by atoms with Crippen molar-refractivity contribution >= 4 is 16.7 Å². The summed E-state index contributed by atoms with van der Waals surface area (Å²) in [5.41, 5.74) is 6.32. The summed E-state index contributed by atoms with van der Waals surface area (Å²) in [6, 6.07) is 21.0. The molecule has 1 N–H and O–H groups in total. The molecule has 33 heavy (non-hydrogen) atoms. The molecule has 0 aliphatic carbocycles. The number of nitriles is 1. The lowest BCUT2D eigenvalue weighted by molar-refractivity contribution is 0.238. The Morgan fingerprint density at radius 1 is 1.09 bits per heavy atom. The molecule has 0 saturated carbocycles. The van der Waals surface area contributed by atoms with Gasteiger partial charge in [0, 0.05) is 29.7 Å². The van der Waals surface area contributed by atoms with Crippen LogP contribution >= 0.6 is 0 Å². The summed E-state index contributed by atoms with van der Waals surface area (Å²) in [4.78, 5) is 12.8. The Bertz CT molecular complexity index is 1380. The van der Waals surface area contributed by atoms with Crippen molar-refractivity contribution in [3.63, 3.8) is 0 Å². The lowest BCUT2D eigenvalue weighted by Gasteiger charge is -2.32. The first kappa shape index (κ1) is 20.0. The van der Waals surface area contributed by atoms with Crippen LogP contribution in [0.5, 0.6) is 0 Å². The van der Waals surface area contributed by atoms with Crippen LogP contribution in [0.1, 0.15) is 47.0 Å². The normalized spacial score (nSPS) is 17.5. The van der Waals surface area contributed by atoms with Gasteiger partial charge < -0.3 is 5.32 Å². The molecule has 4 aromatic rings. The molecule has 0 radical (unpaired) electrons. The average Bonchev–Trinajstić information content (AvgIpc) is 3.46. The molecular formula is C27H26N6. The quantitative estimate of drug-likeness (QED) is 0.494. The molecule has 2 aliphatic heterocycles. The van der Waals surface area contributed by atoms with Crippen LogP contribution in [0.2, 0.25) is 0 Å². The van der Waals surface area contributed by atoms with Crippen LogP contribution in [0.4, 0.5) is 5.82 Å². The Morgan fingerprint density at radius 2 is 1.97 bits per heavy atom. The Kier molecular flexibility index (Phi) is 4.85. The summed E-state index contributed by atoms with van der Waals surface area (Å²) in [6.45, 7) is 5.00. The highest BCUT2D eigenvalue weighted by Crippen LogP contribution is 2.39. The first-order valence-corrected chi connectivity index (χ1v) is 11.7. The van der Waals surface area contributed by atoms with E-state index in [2.05, 4.69) is 58.1 Å². The van der Waals surface area contributed by atoms with E-state index in [1.165, 1.54) is 17.5 Å². The highest BCUT2D eigenvalue weighted by Gasteiger charge is 2.35. The van der Waals surface area contributed by atoms with Gasteiger partial charge in [-0.1, -0.05) is 36.4 Å². The maximum Gasteiger partial charge on any atom is 0.236 e. The number of hydrogen-bond acceptors (Lipinski definition) is 5. The number of nitrogens with one attached hydrogen (secondary N) is 1. The maximum atomic E-state index is 9.58. The van der Waals surface area contributed by atoms with E-state index >= 15 is 0 Å². The molecular weight excluding hydrogens is 408 g/mol. The maximum absolute atomic E-state index is 9.58. The van der Waals surface area contributed by atoms with Gasteiger partial charge >= 0.3 is 0 Å². The summed E-state index contributed by atoms with van der Waals surface area (Å²) in [5, 5.41) is 14.2. The minimum Gasteiger partial charge on any atom is -0.366 e. The van der Waals surface area contributed by atoms with E-state index in [1.807, 2.05) is 24.3 Å². The van der Waals surface area contributed by atoms with Gasteiger partial charge in [0.1, 0.15) is 5.82 Å². The second kappa shape index (κ2) is 8.02. The molecule has 2 aromatic heterocycles. The van der Waals surface area contributed by atoms with Gasteiger partial charge in [-0.2, -0.15) is 10.2 Å². The van der Waals surface area contributed by atoms with Crippen LogP contribution in [0, 0.1) is 18.3 Å². The third kappa shape index (κ3) is 3.37. The van der Waals surface area contributed by atoms with E-state index in [0.717, 1.165) is 60.6 Å². The Balaban J connectivity index is 1.50. The van der Waals surface area contributed by atoms with E-state index in [-0.39, 0.29) is 0 Å². The predicted octanol–water partition coefficient (Wildman–Crippen LogP) is 4.91. The molecule has 1 fully saturated rings. The highest BCUT2D eigenvalue weighted by molar-refractivity contribution is 5.88. The van der Waals surface area contributed by atoms with Crippen molar-refractivity contribution in [1.29, 1.82) is 5.26 Å². The van der Waals surface area contributed by atoms with Crippen LogP contribution in [0.15, 0.2) is 54.6 Å². The van der Waals surface area contributed by atoms with E-state index in [9.17, 15) is 5.26 Å². The number of aromatic nitrogens is 3. The van der Waals surface area contributed by atoms with E-state index in [4.69, 9.17) is 9.97 Å². The Hall–Kier alpha value is -3.69. The van der Waals surface area contributed by atoms with E-state index in [1.54, 1.807) is 0 Å². The molecule has 1 saturated heterocycles. The van der Waals surface area contributed by atoms with Gasteiger partial charge in [0.2, 0.25) is 5.95 Å². The number of rotatable bonds is 4. The number of fused-ring (bicyclic) bond motifs is 4. The zero-order valence-electron chi connectivity index (χ0n) is 18.8. The number of nitrogens with zero attached hydrogens (tertiary/aromatic N) is 5. The number of anilines is 1. The molecule has 1 atom stereocenters. The van der Waals surface area contributed by atoms with Crippen LogP contribution < -0.4 is 5.32 Å². The molecule has 2 aromatic carbocycles. The van der Waals surface area contributed by atoms with Crippen LogP contribution in [0.25, 0.3) is 16.9 Å². The van der Waals surface area contributed by atoms with Gasteiger partial charge in [0.05, 0.1) is 28.9 Å². The van der Waals surface area contributed by atoms with E-state index in [0.29, 0.717) is 17.6 Å². The summed E-state index contributed by atoms with van der Waals surface area (Å²) in [6.07, 6.45) is 3.33. The fraction of sp³-hybridized carbons (Fsp3) is 0.296.